The van der Waals surface area contributed by atoms with Gasteiger partial charge in [0.15, 0.2) is 5.78 Å². The molecule has 2 rings (SSSR count). The van der Waals surface area contributed by atoms with E-state index >= 15 is 0 Å². The number of hydrogen-bond acceptors (Lipinski definition) is 4. The van der Waals surface area contributed by atoms with Gasteiger partial charge in [0.25, 0.3) is 5.24 Å². The molecular formula is C14H17NO3S. The highest BCUT2D eigenvalue weighted by atomic mass is 32.2. The molecule has 4 nitrogen and oxygen atoms in total. The number of ether oxygens (including phenoxy) is 1. The number of thioether (sulfide) groups is 1. The molecule has 0 spiro atoms. The number of hydrogen-bond donors (Lipinski definition) is 0. The summed E-state index contributed by atoms with van der Waals surface area (Å²) in [5, 5.41) is -0.0543. The number of amides is 1. The quantitative estimate of drug-likeness (QED) is 0.741. The van der Waals surface area contributed by atoms with Crippen molar-refractivity contribution in [2.45, 2.75) is 30.8 Å². The first kappa shape index (κ1) is 13.9. The zero-order chi connectivity index (χ0) is 14.2. The average molecular weight is 279 g/mol. The smallest absolute Gasteiger partial charge is 0.285 e. The van der Waals surface area contributed by atoms with Crippen molar-refractivity contribution in [1.29, 1.82) is 0 Å². The van der Waals surface area contributed by atoms with Gasteiger partial charge in [-0.05, 0) is 43.8 Å². The summed E-state index contributed by atoms with van der Waals surface area (Å²) in [4.78, 5) is 25.9. The standard InChI is InChI=1S/C14H17NO3S/c1-14(2)8-11(16)10-6-5-9(7-12(10)18-14)19-13(17)15(3)4/h5-7H,8H2,1-4H3. The predicted molar refractivity (Wildman–Crippen MR) is 75.0 cm³/mol. The molecule has 0 N–H and O–H groups in total. The molecule has 0 unspecified atom stereocenters. The molecular weight excluding hydrogens is 262 g/mol. The molecule has 19 heavy (non-hydrogen) atoms. The topological polar surface area (TPSA) is 46.6 Å². The lowest BCUT2D eigenvalue weighted by atomic mass is 9.93. The van der Waals surface area contributed by atoms with Crippen LogP contribution in [0.3, 0.4) is 0 Å². The number of fused-ring (bicyclic) bond motifs is 1. The van der Waals surface area contributed by atoms with Gasteiger partial charge >= 0.3 is 0 Å². The summed E-state index contributed by atoms with van der Waals surface area (Å²) in [6.45, 7) is 3.78. The van der Waals surface area contributed by atoms with Crippen molar-refractivity contribution in [1.82, 2.24) is 4.90 Å². The monoisotopic (exact) mass is 279 g/mol. The number of carbonyl (C=O) groups excluding carboxylic acids is 2. The van der Waals surface area contributed by atoms with E-state index in [2.05, 4.69) is 0 Å². The average Bonchev–Trinajstić information content (AvgIpc) is 2.26. The van der Waals surface area contributed by atoms with Crippen molar-refractivity contribution in [3.8, 4) is 5.75 Å². The van der Waals surface area contributed by atoms with Crippen LogP contribution < -0.4 is 4.74 Å². The lowest BCUT2D eigenvalue weighted by molar-refractivity contribution is 0.0618. The maximum atomic E-state index is 12.0. The second kappa shape index (κ2) is 4.89. The van der Waals surface area contributed by atoms with E-state index in [4.69, 9.17) is 4.74 Å². The fourth-order valence-electron chi connectivity index (χ4n) is 1.89. The largest absolute Gasteiger partial charge is 0.487 e. The minimum atomic E-state index is -0.487. The van der Waals surface area contributed by atoms with Crippen LogP contribution in [0.25, 0.3) is 0 Å². The molecule has 1 heterocycles. The number of nitrogens with zero attached hydrogens (tertiary/aromatic N) is 1. The van der Waals surface area contributed by atoms with Gasteiger partial charge in [-0.2, -0.15) is 0 Å². The first-order valence-corrected chi connectivity index (χ1v) is 6.85. The van der Waals surface area contributed by atoms with Crippen LogP contribution >= 0.6 is 11.8 Å². The van der Waals surface area contributed by atoms with Gasteiger partial charge in [-0.25, -0.2) is 0 Å². The minimum Gasteiger partial charge on any atom is -0.487 e. The third-order valence-electron chi connectivity index (χ3n) is 2.80. The molecule has 0 aliphatic carbocycles. The lowest BCUT2D eigenvalue weighted by Crippen LogP contribution is -2.35. The van der Waals surface area contributed by atoms with Crippen molar-refractivity contribution in [3.63, 3.8) is 0 Å². The molecule has 1 aromatic carbocycles. The number of Topliss-reactive ketones (excluding diaryl/α,β-unsaturated/α-hetero) is 1. The van der Waals surface area contributed by atoms with Gasteiger partial charge in [0, 0.05) is 19.0 Å². The van der Waals surface area contributed by atoms with Crippen molar-refractivity contribution in [2.24, 2.45) is 0 Å². The summed E-state index contributed by atoms with van der Waals surface area (Å²) in [6, 6.07) is 5.28. The highest BCUT2D eigenvalue weighted by Crippen LogP contribution is 2.36. The fourth-order valence-corrected chi connectivity index (χ4v) is 2.57. The molecule has 1 aromatic rings. The van der Waals surface area contributed by atoms with E-state index in [9.17, 15) is 9.59 Å². The molecule has 0 saturated carbocycles. The third-order valence-corrected chi connectivity index (χ3v) is 3.83. The highest BCUT2D eigenvalue weighted by Gasteiger charge is 2.32. The molecule has 0 aromatic heterocycles. The van der Waals surface area contributed by atoms with Crippen LogP contribution in [0.15, 0.2) is 23.1 Å². The molecule has 1 aliphatic rings. The second-order valence-electron chi connectivity index (χ2n) is 5.38. The van der Waals surface area contributed by atoms with E-state index in [1.54, 1.807) is 32.3 Å². The Morgan fingerprint density at radius 2 is 2.05 bits per heavy atom. The Bertz CT molecular complexity index is 537. The van der Waals surface area contributed by atoms with Crippen LogP contribution in [0.5, 0.6) is 5.75 Å². The van der Waals surface area contributed by atoms with E-state index < -0.39 is 5.60 Å². The molecule has 102 valence electrons. The summed E-state index contributed by atoms with van der Waals surface area (Å²) in [6.07, 6.45) is 0.378. The molecule has 0 bridgehead atoms. The molecule has 1 amide bonds. The number of carbonyl (C=O) groups is 2. The minimum absolute atomic E-state index is 0.0543. The number of benzene rings is 1. The van der Waals surface area contributed by atoms with Crippen molar-refractivity contribution < 1.29 is 14.3 Å². The van der Waals surface area contributed by atoms with Crippen LogP contribution in [0.4, 0.5) is 4.79 Å². The molecule has 5 heteroatoms. The third kappa shape index (κ3) is 3.10. The van der Waals surface area contributed by atoms with Crippen LogP contribution in [-0.2, 0) is 0 Å². The second-order valence-corrected chi connectivity index (χ2v) is 6.41. The van der Waals surface area contributed by atoms with Gasteiger partial charge in [-0.15, -0.1) is 0 Å². The van der Waals surface area contributed by atoms with Gasteiger partial charge in [0.05, 0.1) is 12.0 Å². The SMILES string of the molecule is CN(C)C(=O)Sc1ccc2c(c1)OC(C)(C)CC2=O. The maximum Gasteiger partial charge on any atom is 0.285 e. The van der Waals surface area contributed by atoms with Crippen LogP contribution in [0.2, 0.25) is 0 Å². The summed E-state index contributed by atoms with van der Waals surface area (Å²) in [5.74, 6) is 0.652. The highest BCUT2D eigenvalue weighted by molar-refractivity contribution is 8.13. The summed E-state index contributed by atoms with van der Waals surface area (Å²) in [5.41, 5.74) is 0.111. The van der Waals surface area contributed by atoms with Crippen LogP contribution in [0.1, 0.15) is 30.6 Å². The van der Waals surface area contributed by atoms with Gasteiger partial charge in [0.1, 0.15) is 11.4 Å². The normalized spacial score (nSPS) is 16.5. The van der Waals surface area contributed by atoms with E-state index in [-0.39, 0.29) is 11.0 Å². The summed E-state index contributed by atoms with van der Waals surface area (Å²) < 4.78 is 5.81. The Morgan fingerprint density at radius 1 is 1.37 bits per heavy atom. The van der Waals surface area contributed by atoms with E-state index in [1.807, 2.05) is 13.8 Å². The summed E-state index contributed by atoms with van der Waals surface area (Å²) in [7, 11) is 3.41. The van der Waals surface area contributed by atoms with Crippen molar-refractivity contribution >= 4 is 22.8 Å². The van der Waals surface area contributed by atoms with Crippen LogP contribution in [-0.4, -0.2) is 35.6 Å². The maximum absolute atomic E-state index is 12.0. The van der Waals surface area contributed by atoms with E-state index in [0.717, 1.165) is 16.7 Å². The molecule has 0 atom stereocenters. The molecule has 1 aliphatic heterocycles. The van der Waals surface area contributed by atoms with Crippen molar-refractivity contribution in [3.05, 3.63) is 23.8 Å². The zero-order valence-electron chi connectivity index (χ0n) is 11.5. The van der Waals surface area contributed by atoms with Crippen molar-refractivity contribution in [2.75, 3.05) is 14.1 Å². The van der Waals surface area contributed by atoms with E-state index in [0.29, 0.717) is 17.7 Å². The molecule has 0 fully saturated rings. The Labute approximate surface area is 117 Å². The number of rotatable bonds is 1. The molecule has 0 radical (unpaired) electrons. The first-order chi connectivity index (χ1) is 8.78. The Kier molecular flexibility index (Phi) is 3.58. The van der Waals surface area contributed by atoms with Gasteiger partial charge < -0.3 is 9.64 Å². The van der Waals surface area contributed by atoms with Crippen LogP contribution in [0, 0.1) is 0 Å². The van der Waals surface area contributed by atoms with E-state index in [1.165, 1.54) is 4.90 Å². The lowest BCUT2D eigenvalue weighted by Gasteiger charge is -2.31. The van der Waals surface area contributed by atoms with Gasteiger partial charge in [0.2, 0.25) is 0 Å². The van der Waals surface area contributed by atoms with Gasteiger partial charge in [-0.3, -0.25) is 9.59 Å². The fraction of sp³-hybridized carbons (Fsp3) is 0.429. The Hall–Kier alpha value is -1.49. The summed E-state index contributed by atoms with van der Waals surface area (Å²) >= 11 is 1.12. The first-order valence-electron chi connectivity index (χ1n) is 6.04. The Morgan fingerprint density at radius 3 is 2.68 bits per heavy atom. The Balaban J connectivity index is 2.28. The van der Waals surface area contributed by atoms with Gasteiger partial charge in [-0.1, -0.05) is 0 Å². The molecule has 0 saturated heterocycles. The number of ketones is 1. The zero-order valence-corrected chi connectivity index (χ0v) is 12.3. The predicted octanol–water partition coefficient (Wildman–Crippen LogP) is 3.20.